The highest BCUT2D eigenvalue weighted by atomic mass is 16.6. The number of alkyl carbamates (subject to hydrolysis) is 1. The molecule has 0 radical (unpaired) electrons. The maximum Gasteiger partial charge on any atom is 0.414 e. The van der Waals surface area contributed by atoms with Gasteiger partial charge >= 0.3 is 6.09 Å². The third-order valence-electron chi connectivity index (χ3n) is 10.6. The summed E-state index contributed by atoms with van der Waals surface area (Å²) >= 11 is 0. The number of nitrogens with one attached hydrogen (secondary N) is 1. The summed E-state index contributed by atoms with van der Waals surface area (Å²) in [5, 5.41) is 24.7. The van der Waals surface area contributed by atoms with E-state index in [1.807, 2.05) is 27.7 Å². The molecule has 1 heterocycles. The van der Waals surface area contributed by atoms with Gasteiger partial charge in [0.25, 0.3) is 5.91 Å². The van der Waals surface area contributed by atoms with Gasteiger partial charge < -0.3 is 20.7 Å². The van der Waals surface area contributed by atoms with Crippen molar-refractivity contribution in [2.75, 3.05) is 5.73 Å². The van der Waals surface area contributed by atoms with Gasteiger partial charge in [-0.25, -0.2) is 9.78 Å². The number of ether oxygens (including phenoxy) is 1. The number of Topliss-reactive ketones (excluding diaryl/α,β-unsaturated/α-hetero) is 1. The van der Waals surface area contributed by atoms with E-state index in [0.29, 0.717) is 25.7 Å². The number of hydrogen-bond donors (Lipinski definition) is 4. The predicted octanol–water partition coefficient (Wildman–Crippen LogP) is 3.48. The first-order valence-corrected chi connectivity index (χ1v) is 13.4. The minimum Gasteiger partial charge on any atom is -0.445 e. The molecule has 0 aromatic carbocycles. The van der Waals surface area contributed by atoms with E-state index in [1.54, 1.807) is 0 Å². The van der Waals surface area contributed by atoms with Crippen molar-refractivity contribution in [3.8, 4) is 0 Å². The number of fused-ring (bicyclic) bond motifs is 1. The van der Waals surface area contributed by atoms with E-state index >= 15 is 0 Å². The van der Waals surface area contributed by atoms with Crippen LogP contribution < -0.4 is 11.1 Å². The van der Waals surface area contributed by atoms with Gasteiger partial charge in [-0.15, -0.1) is 0 Å². The monoisotopic (exact) mass is 515 g/mol. The number of rotatable bonds is 3. The van der Waals surface area contributed by atoms with Gasteiger partial charge in [-0.2, -0.15) is 0 Å². The SMILES string of the molecule is CC[C@]1(C)C[C@@H](OC(=O)NC(=O)c2ccc(N)nc2)[C@@]2(C)CC3C(=O)[C@@H](O)C[C@@]3(CCC2C)[C@@H](C)[C@@H]1O. The van der Waals surface area contributed by atoms with Crippen molar-refractivity contribution in [2.45, 2.75) is 91.5 Å². The average molecular weight is 516 g/mol. The summed E-state index contributed by atoms with van der Waals surface area (Å²) in [4.78, 5) is 42.9. The Morgan fingerprint density at radius 3 is 2.51 bits per heavy atom. The highest BCUT2D eigenvalue weighted by Crippen LogP contribution is 2.63. The Kier molecular flexibility index (Phi) is 7.18. The first kappa shape index (κ1) is 27.5. The van der Waals surface area contributed by atoms with Crippen LogP contribution in [0.25, 0.3) is 0 Å². The molecule has 4 rings (SSSR count). The van der Waals surface area contributed by atoms with Gasteiger partial charge in [-0.3, -0.25) is 14.9 Å². The van der Waals surface area contributed by atoms with Crippen molar-refractivity contribution >= 4 is 23.6 Å². The van der Waals surface area contributed by atoms with Crippen molar-refractivity contribution in [1.29, 1.82) is 0 Å². The van der Waals surface area contributed by atoms with E-state index in [1.165, 1.54) is 18.3 Å². The van der Waals surface area contributed by atoms with Crippen molar-refractivity contribution in [3.63, 3.8) is 0 Å². The maximum atomic E-state index is 13.3. The van der Waals surface area contributed by atoms with Gasteiger partial charge in [0, 0.05) is 17.5 Å². The second kappa shape index (κ2) is 9.66. The summed E-state index contributed by atoms with van der Waals surface area (Å²) in [7, 11) is 0. The van der Waals surface area contributed by atoms with E-state index in [4.69, 9.17) is 10.5 Å². The lowest BCUT2D eigenvalue weighted by Crippen LogP contribution is -2.50. The molecule has 3 aliphatic carbocycles. The van der Waals surface area contributed by atoms with E-state index in [0.717, 1.165) is 12.8 Å². The number of aliphatic hydroxyl groups excluding tert-OH is 2. The molecule has 9 nitrogen and oxygen atoms in total. The van der Waals surface area contributed by atoms with Crippen LogP contribution >= 0.6 is 0 Å². The van der Waals surface area contributed by atoms with Crippen LogP contribution in [-0.2, 0) is 9.53 Å². The van der Waals surface area contributed by atoms with Crippen LogP contribution in [-0.4, -0.2) is 51.3 Å². The fraction of sp³-hybridized carbons (Fsp3) is 0.714. The first-order valence-electron chi connectivity index (χ1n) is 13.4. The van der Waals surface area contributed by atoms with Crippen LogP contribution in [0.15, 0.2) is 18.3 Å². The standard InChI is InChI=1S/C28H41N3O6/c1-6-26(4)13-20(37-25(36)31-24(35)17-7-8-21(29)30-14-17)27(5)11-18-22(33)19(32)12-28(18,10-9-15(27)2)16(3)23(26)34/h7-8,14-16,18-20,23,32,34H,6,9-13H2,1-5H3,(H2,29,30)(H,31,35,36)/t15?,16-,18?,19-,20+,23-,26+,27-,28-/m0/s1. The molecule has 9 atom stereocenters. The molecule has 1 aromatic rings. The molecule has 204 valence electrons. The molecule has 3 fully saturated rings. The molecule has 0 spiro atoms. The maximum absolute atomic E-state index is 13.3. The zero-order chi connectivity index (χ0) is 27.3. The molecule has 2 unspecified atom stereocenters. The largest absolute Gasteiger partial charge is 0.445 e. The van der Waals surface area contributed by atoms with E-state index in [-0.39, 0.29) is 29.0 Å². The number of anilines is 1. The minimum atomic E-state index is -1.04. The predicted molar refractivity (Wildman–Crippen MR) is 137 cm³/mol. The van der Waals surface area contributed by atoms with Gasteiger partial charge in [0.2, 0.25) is 0 Å². The zero-order valence-corrected chi connectivity index (χ0v) is 22.5. The topological polar surface area (TPSA) is 152 Å². The normalized spacial score (nSPS) is 41.6. The number of carbonyl (C=O) groups excluding carboxylic acids is 3. The highest BCUT2D eigenvalue weighted by Gasteiger charge is 2.64. The van der Waals surface area contributed by atoms with Crippen molar-refractivity contribution in [1.82, 2.24) is 10.3 Å². The summed E-state index contributed by atoms with van der Waals surface area (Å²) in [6.07, 6.45) is 1.28. The number of nitrogens with zero attached hydrogens (tertiary/aromatic N) is 1. The van der Waals surface area contributed by atoms with Gasteiger partial charge in [0.05, 0.1) is 11.7 Å². The van der Waals surface area contributed by atoms with Crippen LogP contribution in [0.2, 0.25) is 0 Å². The lowest BCUT2D eigenvalue weighted by atomic mass is 9.59. The lowest BCUT2D eigenvalue weighted by Gasteiger charge is -2.48. The zero-order valence-electron chi connectivity index (χ0n) is 22.5. The number of pyridine rings is 1. The van der Waals surface area contributed by atoms with Crippen molar-refractivity contribution in [3.05, 3.63) is 23.9 Å². The molecule has 2 bridgehead atoms. The molecule has 37 heavy (non-hydrogen) atoms. The van der Waals surface area contributed by atoms with E-state index < -0.39 is 52.5 Å². The molecule has 1 aromatic heterocycles. The Labute approximate surface area is 218 Å². The smallest absolute Gasteiger partial charge is 0.414 e. The van der Waals surface area contributed by atoms with Gasteiger partial charge in [0.1, 0.15) is 18.0 Å². The second-order valence-corrected chi connectivity index (χ2v) is 12.3. The Bertz CT molecular complexity index is 1060. The van der Waals surface area contributed by atoms with E-state index in [9.17, 15) is 24.6 Å². The van der Waals surface area contributed by atoms with Crippen LogP contribution in [0.5, 0.6) is 0 Å². The quantitative estimate of drug-likeness (QED) is 0.477. The molecule has 5 N–H and O–H groups in total. The first-order chi connectivity index (χ1) is 17.3. The Balaban J connectivity index is 1.71. The summed E-state index contributed by atoms with van der Waals surface area (Å²) in [6, 6.07) is 2.95. The molecule has 2 amide bonds. The number of hydrogen-bond acceptors (Lipinski definition) is 8. The fourth-order valence-electron chi connectivity index (χ4n) is 7.42. The van der Waals surface area contributed by atoms with E-state index in [2.05, 4.69) is 17.2 Å². The van der Waals surface area contributed by atoms with Gasteiger partial charge in [0.15, 0.2) is 5.78 Å². The van der Waals surface area contributed by atoms with Crippen molar-refractivity contribution < 1.29 is 29.3 Å². The number of ketones is 1. The summed E-state index contributed by atoms with van der Waals surface area (Å²) in [6.45, 7) is 10.2. The molecule has 3 saturated carbocycles. The number of carbonyl (C=O) groups is 3. The Morgan fingerprint density at radius 1 is 1.19 bits per heavy atom. The summed E-state index contributed by atoms with van der Waals surface area (Å²) in [5.74, 6) is -1.11. The van der Waals surface area contributed by atoms with Crippen LogP contribution in [0, 0.1) is 34.0 Å². The molecule has 0 saturated heterocycles. The summed E-state index contributed by atoms with van der Waals surface area (Å²) in [5.41, 5.74) is 4.05. The second-order valence-electron chi connectivity index (χ2n) is 12.3. The van der Waals surface area contributed by atoms with Gasteiger partial charge in [-0.05, 0) is 73.3 Å². The van der Waals surface area contributed by atoms with Crippen molar-refractivity contribution in [2.24, 2.45) is 34.0 Å². The molecule has 3 aliphatic rings. The van der Waals surface area contributed by atoms with Crippen LogP contribution in [0.1, 0.15) is 83.5 Å². The minimum absolute atomic E-state index is 0.110. The highest BCUT2D eigenvalue weighted by molar-refractivity contribution is 6.02. The molecular weight excluding hydrogens is 474 g/mol. The molecule has 0 aliphatic heterocycles. The number of nitrogens with two attached hydrogens (primary N) is 1. The van der Waals surface area contributed by atoms with Gasteiger partial charge in [-0.1, -0.05) is 34.6 Å². The average Bonchev–Trinajstić information content (AvgIpc) is 3.03. The third-order valence-corrected chi connectivity index (χ3v) is 10.6. The number of aliphatic hydroxyl groups is 2. The molecule has 9 heteroatoms. The fourth-order valence-corrected chi connectivity index (χ4v) is 7.42. The number of aromatic nitrogens is 1. The number of amides is 2. The Hall–Kier alpha value is -2.52. The van der Waals surface area contributed by atoms with Crippen LogP contribution in [0.4, 0.5) is 10.6 Å². The lowest BCUT2D eigenvalue weighted by molar-refractivity contribution is -0.131. The third kappa shape index (κ3) is 4.54. The molecular formula is C28H41N3O6. The van der Waals surface area contributed by atoms with Crippen LogP contribution in [0.3, 0.4) is 0 Å². The number of nitrogen functional groups attached to an aromatic ring is 1. The number of imide groups is 1. The Morgan fingerprint density at radius 2 is 1.89 bits per heavy atom. The summed E-state index contributed by atoms with van der Waals surface area (Å²) < 4.78 is 6.04.